The van der Waals surface area contributed by atoms with Crippen molar-refractivity contribution in [3.05, 3.63) is 28.5 Å². The van der Waals surface area contributed by atoms with Crippen LogP contribution in [0.25, 0.3) is 0 Å². The number of hydrogen-bond acceptors (Lipinski definition) is 2. The van der Waals surface area contributed by atoms with E-state index in [0.717, 1.165) is 0 Å². The van der Waals surface area contributed by atoms with Gasteiger partial charge in [-0.1, -0.05) is 11.6 Å². The minimum atomic E-state index is -0.397. The van der Waals surface area contributed by atoms with Crippen molar-refractivity contribution in [1.82, 2.24) is 0 Å². The molecule has 1 rings (SSSR count). The highest BCUT2D eigenvalue weighted by Gasteiger charge is 2.11. The molecule has 0 atom stereocenters. The molecule has 1 aromatic rings. The number of methoxy groups -OCH3 is 1. The minimum Gasteiger partial charge on any atom is -0.495 e. The third kappa shape index (κ3) is 2.15. The van der Waals surface area contributed by atoms with Gasteiger partial charge in [-0.2, -0.15) is 5.26 Å². The van der Waals surface area contributed by atoms with Gasteiger partial charge < -0.3 is 4.74 Å². The number of benzene rings is 1. The molecule has 1 aromatic carbocycles. The van der Waals surface area contributed by atoms with Gasteiger partial charge in [0.1, 0.15) is 11.6 Å². The predicted octanol–water partition coefficient (Wildman–Crippen LogP) is 2.94. The molecular weight excluding hydrogens is 205 g/mol. The molecule has 0 saturated carbocycles. The SMILES string of the molecule is COc1ccc(F)c(CCC#N)c1Cl. The summed E-state index contributed by atoms with van der Waals surface area (Å²) in [5.74, 6) is 0.0343. The fourth-order valence-corrected chi connectivity index (χ4v) is 1.47. The lowest BCUT2D eigenvalue weighted by Gasteiger charge is -2.08. The van der Waals surface area contributed by atoms with E-state index in [2.05, 4.69) is 0 Å². The zero-order valence-corrected chi connectivity index (χ0v) is 8.44. The first-order valence-electron chi connectivity index (χ1n) is 4.08. The predicted molar refractivity (Wildman–Crippen MR) is 51.9 cm³/mol. The molecule has 0 aromatic heterocycles. The molecule has 0 aliphatic rings. The normalized spacial score (nSPS) is 9.57. The zero-order chi connectivity index (χ0) is 10.6. The van der Waals surface area contributed by atoms with Gasteiger partial charge >= 0.3 is 0 Å². The third-order valence-corrected chi connectivity index (χ3v) is 2.27. The average Bonchev–Trinajstić information content (AvgIpc) is 2.18. The second-order valence-corrected chi connectivity index (χ2v) is 3.08. The summed E-state index contributed by atoms with van der Waals surface area (Å²) in [7, 11) is 1.47. The summed E-state index contributed by atoms with van der Waals surface area (Å²) in [6.45, 7) is 0. The molecule has 0 spiro atoms. The minimum absolute atomic E-state index is 0.240. The Hall–Kier alpha value is -1.27. The standard InChI is InChI=1S/C10H9ClFNO/c1-14-9-5-4-8(12)7(10(9)11)3-2-6-13/h4-5H,2-3H2,1H3. The molecule has 0 aliphatic heterocycles. The Kier molecular flexibility index (Phi) is 3.73. The maximum Gasteiger partial charge on any atom is 0.137 e. The quantitative estimate of drug-likeness (QED) is 0.774. The van der Waals surface area contributed by atoms with Gasteiger partial charge in [0, 0.05) is 12.0 Å². The number of ether oxygens (including phenoxy) is 1. The lowest BCUT2D eigenvalue weighted by atomic mass is 10.1. The van der Waals surface area contributed by atoms with E-state index in [1.54, 1.807) is 0 Å². The molecule has 4 heteroatoms. The van der Waals surface area contributed by atoms with Gasteiger partial charge in [-0.25, -0.2) is 4.39 Å². The van der Waals surface area contributed by atoms with Crippen LogP contribution in [0.15, 0.2) is 12.1 Å². The summed E-state index contributed by atoms with van der Waals surface area (Å²) < 4.78 is 18.2. The molecule has 0 bridgehead atoms. The number of nitriles is 1. The molecule has 14 heavy (non-hydrogen) atoms. The summed E-state index contributed by atoms with van der Waals surface area (Å²) in [4.78, 5) is 0. The van der Waals surface area contributed by atoms with Crippen molar-refractivity contribution in [2.45, 2.75) is 12.8 Å². The van der Waals surface area contributed by atoms with E-state index in [9.17, 15) is 4.39 Å². The molecule has 0 radical (unpaired) electrons. The van der Waals surface area contributed by atoms with Gasteiger partial charge in [-0.3, -0.25) is 0 Å². The van der Waals surface area contributed by atoms with Crippen molar-refractivity contribution in [2.75, 3.05) is 7.11 Å². The molecule has 0 amide bonds. The van der Waals surface area contributed by atoms with Crippen LogP contribution in [-0.2, 0) is 6.42 Å². The molecule has 0 unspecified atom stereocenters. The van der Waals surface area contributed by atoms with Crippen LogP contribution in [0.2, 0.25) is 5.02 Å². The van der Waals surface area contributed by atoms with Crippen LogP contribution in [0.3, 0.4) is 0 Å². The van der Waals surface area contributed by atoms with Crippen molar-refractivity contribution in [3.8, 4) is 11.8 Å². The van der Waals surface area contributed by atoms with Crippen LogP contribution in [0.5, 0.6) is 5.75 Å². The van der Waals surface area contributed by atoms with Gasteiger partial charge in [0.05, 0.1) is 18.2 Å². The van der Waals surface area contributed by atoms with E-state index in [-0.39, 0.29) is 11.4 Å². The van der Waals surface area contributed by atoms with E-state index in [1.165, 1.54) is 19.2 Å². The van der Waals surface area contributed by atoms with Crippen LogP contribution in [-0.4, -0.2) is 7.11 Å². The third-order valence-electron chi connectivity index (χ3n) is 1.86. The van der Waals surface area contributed by atoms with E-state index < -0.39 is 5.82 Å². The van der Waals surface area contributed by atoms with Gasteiger partial charge in [0.25, 0.3) is 0 Å². The zero-order valence-electron chi connectivity index (χ0n) is 7.68. The van der Waals surface area contributed by atoms with E-state index in [1.807, 2.05) is 6.07 Å². The molecule has 0 fully saturated rings. The van der Waals surface area contributed by atoms with E-state index in [4.69, 9.17) is 21.6 Å². The molecule has 0 heterocycles. The molecule has 0 aliphatic carbocycles. The average molecular weight is 214 g/mol. The van der Waals surface area contributed by atoms with Crippen molar-refractivity contribution in [2.24, 2.45) is 0 Å². The largest absolute Gasteiger partial charge is 0.495 e. The Morgan fingerprint density at radius 1 is 1.57 bits per heavy atom. The number of halogens is 2. The number of rotatable bonds is 3. The summed E-state index contributed by atoms with van der Waals surface area (Å²) >= 11 is 5.88. The molecular formula is C10H9ClFNO. The lowest BCUT2D eigenvalue weighted by Crippen LogP contribution is -1.94. The van der Waals surface area contributed by atoms with Crippen LogP contribution in [0.4, 0.5) is 4.39 Å². The van der Waals surface area contributed by atoms with Crippen LogP contribution >= 0.6 is 11.6 Å². The summed E-state index contributed by atoms with van der Waals surface area (Å²) in [6, 6.07) is 4.70. The first kappa shape index (κ1) is 10.8. The lowest BCUT2D eigenvalue weighted by molar-refractivity contribution is 0.413. The number of nitrogens with zero attached hydrogens (tertiary/aromatic N) is 1. The van der Waals surface area contributed by atoms with Crippen LogP contribution in [0.1, 0.15) is 12.0 Å². The highest BCUT2D eigenvalue weighted by Crippen LogP contribution is 2.30. The van der Waals surface area contributed by atoms with Crippen LogP contribution in [0, 0.1) is 17.1 Å². The smallest absolute Gasteiger partial charge is 0.137 e. The van der Waals surface area contributed by atoms with Crippen LogP contribution < -0.4 is 4.74 Å². The maximum absolute atomic E-state index is 13.2. The monoisotopic (exact) mass is 213 g/mol. The fourth-order valence-electron chi connectivity index (χ4n) is 1.14. The van der Waals surface area contributed by atoms with Gasteiger partial charge in [-0.05, 0) is 18.6 Å². The molecule has 2 nitrogen and oxygen atoms in total. The molecule has 0 N–H and O–H groups in total. The first-order valence-corrected chi connectivity index (χ1v) is 4.46. The van der Waals surface area contributed by atoms with Gasteiger partial charge in [-0.15, -0.1) is 0 Å². The molecule has 0 saturated heterocycles. The Morgan fingerprint density at radius 2 is 2.29 bits per heavy atom. The van der Waals surface area contributed by atoms with Crippen molar-refractivity contribution in [3.63, 3.8) is 0 Å². The van der Waals surface area contributed by atoms with E-state index in [0.29, 0.717) is 17.7 Å². The summed E-state index contributed by atoms with van der Waals surface area (Å²) in [6.07, 6.45) is 0.544. The van der Waals surface area contributed by atoms with Crippen molar-refractivity contribution < 1.29 is 9.13 Å². The summed E-state index contributed by atoms with van der Waals surface area (Å²) in [5.41, 5.74) is 0.340. The van der Waals surface area contributed by atoms with Crippen molar-refractivity contribution in [1.29, 1.82) is 5.26 Å². The Morgan fingerprint density at radius 3 is 2.86 bits per heavy atom. The highest BCUT2D eigenvalue weighted by atomic mass is 35.5. The van der Waals surface area contributed by atoms with Crippen molar-refractivity contribution >= 4 is 11.6 Å². The topological polar surface area (TPSA) is 33.0 Å². The Bertz CT molecular complexity index is 373. The first-order chi connectivity index (χ1) is 6.70. The summed E-state index contributed by atoms with van der Waals surface area (Å²) in [5, 5.41) is 8.64. The van der Waals surface area contributed by atoms with Gasteiger partial charge in [0.2, 0.25) is 0 Å². The fraction of sp³-hybridized carbons (Fsp3) is 0.300. The maximum atomic E-state index is 13.2. The van der Waals surface area contributed by atoms with Gasteiger partial charge in [0.15, 0.2) is 0 Å². The second kappa shape index (κ2) is 4.83. The Balaban J connectivity index is 3.06. The highest BCUT2D eigenvalue weighted by molar-refractivity contribution is 6.32. The number of hydrogen-bond donors (Lipinski definition) is 0. The molecule has 74 valence electrons. The second-order valence-electron chi connectivity index (χ2n) is 2.70. The Labute approximate surface area is 86.9 Å². The van der Waals surface area contributed by atoms with E-state index >= 15 is 0 Å².